The molecular weight excluding hydrogens is 228 g/mol. The van der Waals surface area contributed by atoms with E-state index in [1.165, 1.54) is 11.5 Å². The quantitative estimate of drug-likeness (QED) is 0.648. The van der Waals surface area contributed by atoms with Gasteiger partial charge in [0.05, 0.1) is 18.3 Å². The van der Waals surface area contributed by atoms with Crippen molar-refractivity contribution in [2.24, 2.45) is 0 Å². The molecular formula is C9H16N4O2S. The summed E-state index contributed by atoms with van der Waals surface area (Å²) >= 11 is 1.30. The topological polar surface area (TPSA) is 76.1 Å². The van der Waals surface area contributed by atoms with Gasteiger partial charge in [0.1, 0.15) is 0 Å². The summed E-state index contributed by atoms with van der Waals surface area (Å²) in [5.74, 6) is -0.0414. The molecule has 1 heterocycles. The molecule has 1 unspecified atom stereocenters. The maximum absolute atomic E-state index is 11.5. The van der Waals surface area contributed by atoms with Crippen LogP contribution < -0.4 is 10.6 Å². The van der Waals surface area contributed by atoms with E-state index in [2.05, 4.69) is 20.2 Å². The number of aromatic nitrogens is 2. The Morgan fingerprint density at radius 3 is 3.12 bits per heavy atom. The van der Waals surface area contributed by atoms with Gasteiger partial charge in [-0.25, -0.2) is 0 Å². The van der Waals surface area contributed by atoms with Crippen LogP contribution in [0.1, 0.15) is 12.6 Å². The van der Waals surface area contributed by atoms with Crippen molar-refractivity contribution in [1.82, 2.24) is 20.2 Å². The summed E-state index contributed by atoms with van der Waals surface area (Å²) in [6.07, 6.45) is 0. The lowest BCUT2D eigenvalue weighted by Crippen LogP contribution is -2.42. The van der Waals surface area contributed by atoms with Gasteiger partial charge < -0.3 is 15.4 Å². The zero-order chi connectivity index (χ0) is 11.8. The highest BCUT2D eigenvalue weighted by molar-refractivity contribution is 7.03. The zero-order valence-corrected chi connectivity index (χ0v) is 10.2. The zero-order valence-electron chi connectivity index (χ0n) is 9.40. The molecule has 0 aliphatic carbocycles. The Balaban J connectivity index is 2.18. The predicted molar refractivity (Wildman–Crippen MR) is 61.1 cm³/mol. The minimum absolute atomic E-state index is 0.0414. The first-order chi connectivity index (χ1) is 7.74. The molecule has 1 aromatic heterocycles. The van der Waals surface area contributed by atoms with Crippen molar-refractivity contribution in [1.29, 1.82) is 0 Å². The summed E-state index contributed by atoms with van der Waals surface area (Å²) in [6, 6.07) is -0.251. The molecule has 0 bridgehead atoms. The predicted octanol–water partition coefficient (Wildman–Crippen LogP) is -0.221. The van der Waals surface area contributed by atoms with E-state index in [-0.39, 0.29) is 11.9 Å². The fourth-order valence-corrected chi connectivity index (χ4v) is 1.49. The number of amides is 1. The lowest BCUT2D eigenvalue weighted by Gasteiger charge is -2.12. The van der Waals surface area contributed by atoms with Crippen LogP contribution in [0, 0.1) is 0 Å². The smallest absolute Gasteiger partial charge is 0.236 e. The standard InChI is InChI=1S/C9H16N4O2S/c1-7(9(14)10-3-4-15-2)11-5-8-6-16-13-12-8/h6-7,11H,3-5H2,1-2H3,(H,10,14). The monoisotopic (exact) mass is 244 g/mol. The van der Waals surface area contributed by atoms with Crippen LogP contribution in [0.3, 0.4) is 0 Å². The van der Waals surface area contributed by atoms with Crippen molar-refractivity contribution in [3.63, 3.8) is 0 Å². The van der Waals surface area contributed by atoms with Crippen LogP contribution in [-0.4, -0.2) is 41.8 Å². The first-order valence-corrected chi connectivity index (χ1v) is 5.83. The highest BCUT2D eigenvalue weighted by Gasteiger charge is 2.11. The Kier molecular flexibility index (Phi) is 5.91. The van der Waals surface area contributed by atoms with Crippen LogP contribution >= 0.6 is 11.5 Å². The maximum atomic E-state index is 11.5. The second-order valence-corrected chi connectivity index (χ2v) is 3.89. The average molecular weight is 244 g/mol. The number of carbonyl (C=O) groups is 1. The van der Waals surface area contributed by atoms with Gasteiger partial charge in [0, 0.05) is 25.6 Å². The van der Waals surface area contributed by atoms with Crippen LogP contribution in [0.15, 0.2) is 5.38 Å². The molecule has 2 N–H and O–H groups in total. The van der Waals surface area contributed by atoms with E-state index in [1.54, 1.807) is 7.11 Å². The summed E-state index contributed by atoms with van der Waals surface area (Å²) in [6.45, 7) is 3.41. The van der Waals surface area contributed by atoms with Crippen molar-refractivity contribution in [2.45, 2.75) is 19.5 Å². The Labute approximate surface area is 98.5 Å². The number of nitrogens with zero attached hydrogens (tertiary/aromatic N) is 2. The second-order valence-electron chi connectivity index (χ2n) is 3.28. The normalized spacial score (nSPS) is 12.4. The molecule has 16 heavy (non-hydrogen) atoms. The lowest BCUT2D eigenvalue weighted by molar-refractivity contribution is -0.122. The third-order valence-corrected chi connectivity index (χ3v) is 2.55. The molecule has 0 radical (unpaired) electrons. The van der Waals surface area contributed by atoms with Gasteiger partial charge in [-0.2, -0.15) is 0 Å². The Morgan fingerprint density at radius 1 is 1.69 bits per heavy atom. The van der Waals surface area contributed by atoms with Gasteiger partial charge in [0.2, 0.25) is 5.91 Å². The maximum Gasteiger partial charge on any atom is 0.236 e. The van der Waals surface area contributed by atoms with Crippen molar-refractivity contribution < 1.29 is 9.53 Å². The highest BCUT2D eigenvalue weighted by atomic mass is 32.1. The molecule has 0 aliphatic rings. The fraction of sp³-hybridized carbons (Fsp3) is 0.667. The van der Waals surface area contributed by atoms with Crippen LogP contribution in [0.4, 0.5) is 0 Å². The van der Waals surface area contributed by atoms with Gasteiger partial charge in [0.25, 0.3) is 0 Å². The molecule has 0 spiro atoms. The van der Waals surface area contributed by atoms with Crippen molar-refractivity contribution in [2.75, 3.05) is 20.3 Å². The molecule has 1 amide bonds. The average Bonchev–Trinajstić information content (AvgIpc) is 2.79. The van der Waals surface area contributed by atoms with Crippen LogP contribution in [0.5, 0.6) is 0 Å². The molecule has 7 heteroatoms. The van der Waals surface area contributed by atoms with Gasteiger partial charge in [-0.05, 0) is 18.5 Å². The summed E-state index contributed by atoms with van der Waals surface area (Å²) in [4.78, 5) is 11.5. The molecule has 0 saturated heterocycles. The SMILES string of the molecule is COCCNC(=O)C(C)NCc1csnn1. The lowest BCUT2D eigenvalue weighted by atomic mass is 10.3. The van der Waals surface area contributed by atoms with Crippen molar-refractivity contribution >= 4 is 17.4 Å². The van der Waals surface area contributed by atoms with E-state index in [4.69, 9.17) is 4.74 Å². The van der Waals surface area contributed by atoms with Gasteiger partial charge in [-0.3, -0.25) is 4.79 Å². The van der Waals surface area contributed by atoms with E-state index in [0.29, 0.717) is 19.7 Å². The molecule has 1 rings (SSSR count). The molecule has 0 saturated carbocycles. The minimum Gasteiger partial charge on any atom is -0.383 e. The number of hydrogen-bond acceptors (Lipinski definition) is 6. The fourth-order valence-electron chi connectivity index (χ4n) is 1.04. The van der Waals surface area contributed by atoms with Crippen LogP contribution in [-0.2, 0) is 16.1 Å². The summed E-state index contributed by atoms with van der Waals surface area (Å²) in [5.41, 5.74) is 0.849. The number of carbonyl (C=O) groups excluding carboxylic acids is 1. The molecule has 1 aromatic rings. The number of hydrogen-bond donors (Lipinski definition) is 2. The number of rotatable bonds is 7. The van der Waals surface area contributed by atoms with E-state index < -0.39 is 0 Å². The Morgan fingerprint density at radius 2 is 2.50 bits per heavy atom. The van der Waals surface area contributed by atoms with E-state index in [0.717, 1.165) is 5.69 Å². The molecule has 0 aromatic carbocycles. The second kappa shape index (κ2) is 7.26. The van der Waals surface area contributed by atoms with E-state index >= 15 is 0 Å². The molecule has 6 nitrogen and oxygen atoms in total. The highest BCUT2D eigenvalue weighted by Crippen LogP contribution is 1.96. The minimum atomic E-state index is -0.251. The molecule has 0 fully saturated rings. The van der Waals surface area contributed by atoms with E-state index in [1.807, 2.05) is 12.3 Å². The van der Waals surface area contributed by atoms with Gasteiger partial charge in [0.15, 0.2) is 0 Å². The largest absolute Gasteiger partial charge is 0.383 e. The number of ether oxygens (including phenoxy) is 1. The number of methoxy groups -OCH3 is 1. The van der Waals surface area contributed by atoms with Crippen LogP contribution in [0.25, 0.3) is 0 Å². The van der Waals surface area contributed by atoms with Crippen molar-refractivity contribution in [3.8, 4) is 0 Å². The Hall–Kier alpha value is -1.05. The summed E-state index contributed by atoms with van der Waals surface area (Å²) in [5, 5.41) is 11.5. The third-order valence-electron chi connectivity index (χ3n) is 1.99. The third kappa shape index (κ3) is 4.65. The van der Waals surface area contributed by atoms with Crippen molar-refractivity contribution in [3.05, 3.63) is 11.1 Å². The number of nitrogens with one attached hydrogen (secondary N) is 2. The molecule has 1 atom stereocenters. The van der Waals surface area contributed by atoms with Crippen LogP contribution in [0.2, 0.25) is 0 Å². The molecule has 0 aliphatic heterocycles. The molecule has 90 valence electrons. The van der Waals surface area contributed by atoms with Gasteiger partial charge >= 0.3 is 0 Å². The van der Waals surface area contributed by atoms with Gasteiger partial charge in [-0.1, -0.05) is 4.49 Å². The van der Waals surface area contributed by atoms with Gasteiger partial charge in [-0.15, -0.1) is 5.10 Å². The first kappa shape index (κ1) is 13.0. The summed E-state index contributed by atoms with van der Waals surface area (Å²) < 4.78 is 8.58. The first-order valence-electron chi connectivity index (χ1n) is 5.00. The van der Waals surface area contributed by atoms with E-state index in [9.17, 15) is 4.79 Å². The summed E-state index contributed by atoms with van der Waals surface area (Å²) in [7, 11) is 1.60. The Bertz CT molecular complexity index is 304.